The zero-order valence-corrected chi connectivity index (χ0v) is 18.7. The van der Waals surface area contributed by atoms with Gasteiger partial charge in [-0.2, -0.15) is 18.2 Å². The number of nitrogens with one attached hydrogen (secondary N) is 2. The molecule has 0 spiro atoms. The number of halogens is 3. The second kappa shape index (κ2) is 8.02. The average Bonchev–Trinajstić information content (AvgIpc) is 3.51. The molecule has 2 N–H and O–H groups in total. The number of aromatic nitrogens is 2. The molecule has 2 atom stereocenters. The molecular formula is C24H27F3N6O. The van der Waals surface area contributed by atoms with Gasteiger partial charge in [0.1, 0.15) is 11.4 Å². The number of alkyl halides is 3. The van der Waals surface area contributed by atoms with Crippen molar-refractivity contribution in [1.82, 2.24) is 19.8 Å². The van der Waals surface area contributed by atoms with E-state index in [4.69, 9.17) is 0 Å². The van der Waals surface area contributed by atoms with Gasteiger partial charge >= 0.3 is 12.2 Å². The van der Waals surface area contributed by atoms with E-state index >= 15 is 0 Å². The van der Waals surface area contributed by atoms with Crippen molar-refractivity contribution in [1.29, 1.82) is 0 Å². The lowest BCUT2D eigenvalue weighted by Crippen LogP contribution is -2.39. The van der Waals surface area contributed by atoms with Gasteiger partial charge in [-0.25, -0.2) is 9.78 Å². The molecule has 2 bridgehead atoms. The topological polar surface area (TPSA) is 73.4 Å². The van der Waals surface area contributed by atoms with Gasteiger partial charge in [-0.3, -0.25) is 0 Å². The predicted molar refractivity (Wildman–Crippen MR) is 121 cm³/mol. The van der Waals surface area contributed by atoms with Gasteiger partial charge < -0.3 is 20.4 Å². The highest BCUT2D eigenvalue weighted by molar-refractivity contribution is 5.78. The molecule has 7 nitrogen and oxygen atoms in total. The van der Waals surface area contributed by atoms with E-state index in [0.717, 1.165) is 75.4 Å². The van der Waals surface area contributed by atoms with Gasteiger partial charge in [0.05, 0.1) is 12.1 Å². The first-order chi connectivity index (χ1) is 16.4. The molecule has 1 saturated carbocycles. The Hall–Kier alpha value is -3.04. The van der Waals surface area contributed by atoms with Crippen LogP contribution >= 0.6 is 0 Å². The molecule has 1 aromatic carbocycles. The minimum atomic E-state index is -4.53. The summed E-state index contributed by atoms with van der Waals surface area (Å²) in [5.74, 6) is -0.0692. The molecule has 4 heterocycles. The van der Waals surface area contributed by atoms with E-state index < -0.39 is 11.7 Å². The van der Waals surface area contributed by atoms with Crippen LogP contribution in [0.4, 0.5) is 35.4 Å². The van der Waals surface area contributed by atoms with Gasteiger partial charge in [-0.1, -0.05) is 6.07 Å². The van der Waals surface area contributed by atoms with Gasteiger partial charge in [-0.15, -0.1) is 0 Å². The van der Waals surface area contributed by atoms with Crippen LogP contribution in [0, 0.1) is 0 Å². The third-order valence-electron chi connectivity index (χ3n) is 7.58. The lowest BCUT2D eigenvalue weighted by molar-refractivity contribution is -0.137. The summed E-state index contributed by atoms with van der Waals surface area (Å²) in [5.41, 5.74) is 2.12. The van der Waals surface area contributed by atoms with Gasteiger partial charge in [-0.05, 0) is 68.2 Å². The summed E-state index contributed by atoms with van der Waals surface area (Å²) in [5, 5.41) is 6.01. The number of carbonyl (C=O) groups excluding carboxylic acids is 1. The summed E-state index contributed by atoms with van der Waals surface area (Å²) < 4.78 is 40.4. The van der Waals surface area contributed by atoms with Crippen molar-refractivity contribution in [2.45, 2.75) is 69.2 Å². The standard InChI is InChI=1S/C24H27F3N6O/c25-24(26,27)18-13-28-22(31-21(18)29-14-4-3-5-14)30-15-6-7-16-17(12-15)20-9-8-19(16)33(20)23(34)32-10-1-2-11-32/h6-7,12-14,19-20H,1-5,8-11H2,(H2,28,29,30,31). The molecule has 3 aliphatic heterocycles. The Morgan fingerprint density at radius 1 is 1.00 bits per heavy atom. The summed E-state index contributed by atoms with van der Waals surface area (Å²) in [6.45, 7) is 1.64. The van der Waals surface area contributed by atoms with E-state index in [9.17, 15) is 18.0 Å². The Morgan fingerprint density at radius 3 is 2.41 bits per heavy atom. The molecule has 2 saturated heterocycles. The zero-order chi connectivity index (χ0) is 23.4. The highest BCUT2D eigenvalue weighted by atomic mass is 19.4. The average molecular weight is 473 g/mol. The fraction of sp³-hybridized carbons (Fsp3) is 0.542. The number of anilines is 3. The van der Waals surface area contributed by atoms with Crippen LogP contribution in [0.3, 0.4) is 0 Å². The molecule has 1 aliphatic carbocycles. The Balaban J connectivity index is 1.24. The van der Waals surface area contributed by atoms with Crippen molar-refractivity contribution in [3.63, 3.8) is 0 Å². The largest absolute Gasteiger partial charge is 0.421 e. The highest BCUT2D eigenvalue weighted by Gasteiger charge is 2.47. The van der Waals surface area contributed by atoms with Crippen LogP contribution in [0.15, 0.2) is 24.4 Å². The number of benzene rings is 1. The SMILES string of the molecule is O=C(N1CCCC1)N1C2CCC1c1cc(Nc3ncc(C(F)(F)F)c(NC4CCC4)n3)ccc12. The normalized spacial score (nSPS) is 23.7. The molecule has 2 unspecified atom stereocenters. The van der Waals surface area contributed by atoms with E-state index in [-0.39, 0.29) is 35.9 Å². The molecule has 4 aliphatic rings. The summed E-state index contributed by atoms with van der Waals surface area (Å²) in [6, 6.07) is 6.17. The van der Waals surface area contributed by atoms with Crippen molar-refractivity contribution in [2.75, 3.05) is 23.7 Å². The van der Waals surface area contributed by atoms with E-state index in [1.807, 2.05) is 28.0 Å². The van der Waals surface area contributed by atoms with Crippen LogP contribution in [-0.4, -0.2) is 44.9 Å². The number of hydrogen-bond acceptors (Lipinski definition) is 5. The first-order valence-corrected chi connectivity index (χ1v) is 12.1. The van der Waals surface area contributed by atoms with Crippen LogP contribution in [0.5, 0.6) is 0 Å². The van der Waals surface area contributed by atoms with Crippen LogP contribution < -0.4 is 10.6 Å². The lowest BCUT2D eigenvalue weighted by Gasteiger charge is -2.28. The number of fused-ring (bicyclic) bond motifs is 5. The number of likely N-dealkylation sites (tertiary alicyclic amines) is 1. The first-order valence-electron chi connectivity index (χ1n) is 12.1. The number of hydrogen-bond donors (Lipinski definition) is 2. The van der Waals surface area contributed by atoms with E-state index in [0.29, 0.717) is 5.69 Å². The number of amides is 2. The number of rotatable bonds is 4. The molecule has 6 rings (SSSR count). The minimum absolute atomic E-state index is 0.0125. The Morgan fingerprint density at radius 2 is 1.74 bits per heavy atom. The maximum atomic E-state index is 13.5. The third kappa shape index (κ3) is 3.63. The lowest BCUT2D eigenvalue weighted by atomic mass is 9.91. The highest BCUT2D eigenvalue weighted by Crippen LogP contribution is 2.54. The van der Waals surface area contributed by atoms with Crippen molar-refractivity contribution in [3.8, 4) is 0 Å². The zero-order valence-electron chi connectivity index (χ0n) is 18.7. The number of nitrogens with zero attached hydrogens (tertiary/aromatic N) is 4. The number of urea groups is 1. The molecule has 10 heteroatoms. The fourth-order valence-corrected chi connectivity index (χ4v) is 5.64. The summed E-state index contributed by atoms with van der Waals surface area (Å²) in [4.78, 5) is 25.2. The van der Waals surface area contributed by atoms with Crippen LogP contribution in [0.2, 0.25) is 0 Å². The van der Waals surface area contributed by atoms with E-state index in [1.54, 1.807) is 0 Å². The van der Waals surface area contributed by atoms with Crippen LogP contribution in [-0.2, 0) is 6.18 Å². The maximum absolute atomic E-state index is 13.5. The van der Waals surface area contributed by atoms with E-state index in [1.165, 1.54) is 0 Å². The predicted octanol–water partition coefficient (Wildman–Crippen LogP) is 5.61. The van der Waals surface area contributed by atoms with Crippen molar-refractivity contribution >= 4 is 23.5 Å². The first kappa shape index (κ1) is 21.5. The molecule has 0 radical (unpaired) electrons. The molecule has 1 aromatic heterocycles. The Kier molecular flexibility index (Phi) is 5.07. The van der Waals surface area contributed by atoms with Gasteiger partial charge in [0, 0.05) is 31.0 Å². The minimum Gasteiger partial charge on any atom is -0.367 e. The third-order valence-corrected chi connectivity index (χ3v) is 7.58. The summed E-state index contributed by atoms with van der Waals surface area (Å²) in [7, 11) is 0. The van der Waals surface area contributed by atoms with Gasteiger partial charge in [0.2, 0.25) is 5.95 Å². The molecule has 3 fully saturated rings. The van der Waals surface area contributed by atoms with Gasteiger partial charge in [0.15, 0.2) is 0 Å². The monoisotopic (exact) mass is 472 g/mol. The Labute approximate surface area is 195 Å². The molecule has 2 aromatic rings. The Bertz CT molecular complexity index is 1110. The van der Waals surface area contributed by atoms with E-state index in [2.05, 4.69) is 20.6 Å². The van der Waals surface area contributed by atoms with Gasteiger partial charge in [0.25, 0.3) is 0 Å². The second-order valence-corrected chi connectivity index (χ2v) is 9.69. The number of carbonyl (C=O) groups is 1. The van der Waals surface area contributed by atoms with Crippen molar-refractivity contribution in [2.24, 2.45) is 0 Å². The molecular weight excluding hydrogens is 445 g/mol. The fourth-order valence-electron chi connectivity index (χ4n) is 5.64. The smallest absolute Gasteiger partial charge is 0.367 e. The quantitative estimate of drug-likeness (QED) is 0.605. The summed E-state index contributed by atoms with van der Waals surface area (Å²) in [6.07, 6.45) is 2.99. The maximum Gasteiger partial charge on any atom is 0.421 e. The van der Waals surface area contributed by atoms with Crippen LogP contribution in [0.25, 0.3) is 0 Å². The van der Waals surface area contributed by atoms with Crippen molar-refractivity contribution in [3.05, 3.63) is 41.1 Å². The van der Waals surface area contributed by atoms with Crippen molar-refractivity contribution < 1.29 is 18.0 Å². The molecule has 2 amide bonds. The second-order valence-electron chi connectivity index (χ2n) is 9.69. The molecule has 180 valence electrons. The summed E-state index contributed by atoms with van der Waals surface area (Å²) >= 11 is 0. The molecule has 34 heavy (non-hydrogen) atoms. The van der Waals surface area contributed by atoms with Crippen LogP contribution in [0.1, 0.15) is 73.7 Å².